The molecule has 6 nitrogen and oxygen atoms in total. The molecule has 1 saturated heterocycles. The predicted molar refractivity (Wildman–Crippen MR) is 77.5 cm³/mol. The number of aromatic nitrogens is 3. The molecule has 112 valence electrons. The topological polar surface area (TPSA) is 69.3 Å². The molecule has 2 aromatic rings. The molecule has 0 saturated carbocycles. The molecular weight excluding hydrogens is 270 g/mol. The molecule has 0 radical (unpaired) electrons. The van der Waals surface area contributed by atoms with E-state index in [9.17, 15) is 0 Å². The number of hydrogen-bond acceptors (Lipinski definition) is 5. The average Bonchev–Trinajstić information content (AvgIpc) is 3.19. The molecule has 1 atom stereocenters. The van der Waals surface area contributed by atoms with Crippen molar-refractivity contribution in [1.82, 2.24) is 15.2 Å². The normalized spacial score (nSPS) is 17.9. The van der Waals surface area contributed by atoms with Crippen LogP contribution in [0.15, 0.2) is 18.2 Å². The Kier molecular flexibility index (Phi) is 4.06. The Balaban J connectivity index is 1.86. The van der Waals surface area contributed by atoms with Crippen molar-refractivity contribution >= 4 is 0 Å². The van der Waals surface area contributed by atoms with Crippen LogP contribution in [0.1, 0.15) is 31.7 Å². The van der Waals surface area contributed by atoms with Gasteiger partial charge in [0.05, 0.1) is 13.7 Å². The van der Waals surface area contributed by atoms with E-state index in [0.717, 1.165) is 36.6 Å². The molecular formula is C15H19N3O3. The summed E-state index contributed by atoms with van der Waals surface area (Å²) in [4.78, 5) is 4.53. The van der Waals surface area contributed by atoms with Gasteiger partial charge >= 0.3 is 0 Å². The lowest BCUT2D eigenvalue weighted by atomic mass is 10.2. The summed E-state index contributed by atoms with van der Waals surface area (Å²) in [5.74, 6) is 2.83. The van der Waals surface area contributed by atoms with Gasteiger partial charge in [-0.25, -0.2) is 4.98 Å². The van der Waals surface area contributed by atoms with E-state index in [2.05, 4.69) is 15.2 Å². The van der Waals surface area contributed by atoms with Crippen LogP contribution >= 0.6 is 0 Å². The molecule has 1 aliphatic heterocycles. The molecule has 3 rings (SSSR count). The van der Waals surface area contributed by atoms with Crippen LogP contribution in [-0.4, -0.2) is 35.5 Å². The summed E-state index contributed by atoms with van der Waals surface area (Å²) in [5, 5.41) is 7.23. The first kappa shape index (κ1) is 13.9. The van der Waals surface area contributed by atoms with Gasteiger partial charge in [-0.15, -0.1) is 0 Å². The van der Waals surface area contributed by atoms with Crippen LogP contribution in [0.5, 0.6) is 11.5 Å². The Morgan fingerprint density at radius 3 is 3.00 bits per heavy atom. The first-order valence-electron chi connectivity index (χ1n) is 7.17. The van der Waals surface area contributed by atoms with Gasteiger partial charge in [0.2, 0.25) is 0 Å². The van der Waals surface area contributed by atoms with Crippen molar-refractivity contribution < 1.29 is 14.2 Å². The highest BCUT2D eigenvalue weighted by atomic mass is 16.5. The first-order chi connectivity index (χ1) is 10.3. The zero-order valence-electron chi connectivity index (χ0n) is 12.3. The lowest BCUT2D eigenvalue weighted by Gasteiger charge is -2.09. The third kappa shape index (κ3) is 2.85. The third-order valence-corrected chi connectivity index (χ3v) is 3.46. The van der Waals surface area contributed by atoms with E-state index in [-0.39, 0.29) is 6.10 Å². The lowest BCUT2D eigenvalue weighted by Crippen LogP contribution is -1.98. The van der Waals surface area contributed by atoms with Crippen molar-refractivity contribution in [3.05, 3.63) is 24.0 Å². The number of rotatable bonds is 5. The number of ether oxygens (including phenoxy) is 3. The maximum Gasteiger partial charge on any atom is 0.181 e. The van der Waals surface area contributed by atoms with Crippen LogP contribution in [0.4, 0.5) is 0 Å². The molecule has 1 aromatic carbocycles. The zero-order chi connectivity index (χ0) is 14.7. The SMILES string of the molecule is CCOc1ccc(-c2n[nH]c([C@H]3CCCO3)n2)cc1OC. The van der Waals surface area contributed by atoms with Crippen molar-refractivity contribution in [3.63, 3.8) is 0 Å². The van der Waals surface area contributed by atoms with E-state index in [1.165, 1.54) is 0 Å². The van der Waals surface area contributed by atoms with E-state index in [1.807, 2.05) is 25.1 Å². The fourth-order valence-corrected chi connectivity index (χ4v) is 2.42. The first-order valence-corrected chi connectivity index (χ1v) is 7.17. The second kappa shape index (κ2) is 6.13. The number of hydrogen-bond donors (Lipinski definition) is 1. The highest BCUT2D eigenvalue weighted by Gasteiger charge is 2.22. The second-order valence-corrected chi connectivity index (χ2v) is 4.84. The summed E-state index contributed by atoms with van der Waals surface area (Å²) in [6, 6.07) is 5.68. The maximum absolute atomic E-state index is 5.61. The van der Waals surface area contributed by atoms with Crippen molar-refractivity contribution in [2.24, 2.45) is 0 Å². The Morgan fingerprint density at radius 1 is 1.38 bits per heavy atom. The van der Waals surface area contributed by atoms with Gasteiger partial charge in [-0.1, -0.05) is 0 Å². The van der Waals surface area contributed by atoms with E-state index in [4.69, 9.17) is 14.2 Å². The van der Waals surface area contributed by atoms with E-state index < -0.39 is 0 Å². The van der Waals surface area contributed by atoms with Crippen LogP contribution in [0, 0.1) is 0 Å². The van der Waals surface area contributed by atoms with Gasteiger partial charge < -0.3 is 14.2 Å². The molecule has 6 heteroatoms. The molecule has 0 aliphatic carbocycles. The molecule has 0 unspecified atom stereocenters. The molecule has 1 aliphatic rings. The molecule has 2 heterocycles. The molecule has 0 bridgehead atoms. The highest BCUT2D eigenvalue weighted by molar-refractivity contribution is 5.60. The average molecular weight is 289 g/mol. The van der Waals surface area contributed by atoms with Gasteiger partial charge in [-0.3, -0.25) is 5.10 Å². The number of nitrogens with zero attached hydrogens (tertiary/aromatic N) is 2. The van der Waals surface area contributed by atoms with Crippen molar-refractivity contribution in [1.29, 1.82) is 0 Å². The van der Waals surface area contributed by atoms with Crippen LogP contribution in [-0.2, 0) is 4.74 Å². The monoisotopic (exact) mass is 289 g/mol. The highest BCUT2D eigenvalue weighted by Crippen LogP contribution is 2.32. The molecule has 0 amide bonds. The number of H-pyrrole nitrogens is 1. The summed E-state index contributed by atoms with van der Waals surface area (Å²) in [5.41, 5.74) is 0.885. The Labute approximate surface area is 123 Å². The predicted octanol–water partition coefficient (Wildman–Crippen LogP) is 2.73. The van der Waals surface area contributed by atoms with Crippen LogP contribution < -0.4 is 9.47 Å². The van der Waals surface area contributed by atoms with Gasteiger partial charge in [-0.2, -0.15) is 5.10 Å². The van der Waals surface area contributed by atoms with Crippen LogP contribution in [0.2, 0.25) is 0 Å². The van der Waals surface area contributed by atoms with Gasteiger partial charge in [0.1, 0.15) is 6.10 Å². The van der Waals surface area contributed by atoms with Gasteiger partial charge in [-0.05, 0) is 38.0 Å². The number of benzene rings is 1. The fourth-order valence-electron chi connectivity index (χ4n) is 2.42. The standard InChI is InChI=1S/C15H19N3O3/c1-3-20-11-7-6-10(9-13(11)19-2)14-16-15(18-17-14)12-5-4-8-21-12/h6-7,9,12H,3-5,8H2,1-2H3,(H,16,17,18)/t12-/m1/s1. The van der Waals surface area contributed by atoms with Gasteiger partial charge in [0.15, 0.2) is 23.1 Å². The minimum atomic E-state index is 0.0378. The number of nitrogens with one attached hydrogen (secondary N) is 1. The van der Waals surface area contributed by atoms with E-state index >= 15 is 0 Å². The Morgan fingerprint density at radius 2 is 2.29 bits per heavy atom. The van der Waals surface area contributed by atoms with E-state index in [0.29, 0.717) is 18.2 Å². The summed E-state index contributed by atoms with van der Waals surface area (Å²) in [7, 11) is 1.62. The van der Waals surface area contributed by atoms with Crippen molar-refractivity contribution in [2.75, 3.05) is 20.3 Å². The number of methoxy groups -OCH3 is 1. The Hall–Kier alpha value is -2.08. The van der Waals surface area contributed by atoms with Gasteiger partial charge in [0.25, 0.3) is 0 Å². The number of aromatic amines is 1. The summed E-state index contributed by atoms with van der Waals surface area (Å²) >= 11 is 0. The molecule has 1 aromatic heterocycles. The smallest absolute Gasteiger partial charge is 0.181 e. The largest absolute Gasteiger partial charge is 0.493 e. The zero-order valence-corrected chi connectivity index (χ0v) is 12.3. The van der Waals surface area contributed by atoms with Gasteiger partial charge in [0, 0.05) is 12.2 Å². The lowest BCUT2D eigenvalue weighted by molar-refractivity contribution is 0.105. The van der Waals surface area contributed by atoms with Crippen molar-refractivity contribution in [2.45, 2.75) is 25.9 Å². The Bertz CT molecular complexity index is 606. The summed E-state index contributed by atoms with van der Waals surface area (Å²) in [6.45, 7) is 3.33. The van der Waals surface area contributed by atoms with Crippen LogP contribution in [0.3, 0.4) is 0 Å². The molecule has 21 heavy (non-hydrogen) atoms. The molecule has 0 spiro atoms. The fraction of sp³-hybridized carbons (Fsp3) is 0.467. The minimum absolute atomic E-state index is 0.0378. The summed E-state index contributed by atoms with van der Waals surface area (Å²) in [6.07, 6.45) is 2.09. The second-order valence-electron chi connectivity index (χ2n) is 4.84. The minimum Gasteiger partial charge on any atom is -0.493 e. The van der Waals surface area contributed by atoms with Crippen molar-refractivity contribution in [3.8, 4) is 22.9 Å². The molecule has 1 fully saturated rings. The van der Waals surface area contributed by atoms with Crippen LogP contribution in [0.25, 0.3) is 11.4 Å². The quantitative estimate of drug-likeness (QED) is 0.916. The summed E-state index contributed by atoms with van der Waals surface area (Å²) < 4.78 is 16.5. The third-order valence-electron chi connectivity index (χ3n) is 3.46. The maximum atomic E-state index is 5.61. The van der Waals surface area contributed by atoms with E-state index in [1.54, 1.807) is 7.11 Å². The molecule has 1 N–H and O–H groups in total.